The highest BCUT2D eigenvalue weighted by molar-refractivity contribution is 5.87. The summed E-state index contributed by atoms with van der Waals surface area (Å²) in [6, 6.07) is 0. The van der Waals surface area contributed by atoms with Crippen molar-refractivity contribution < 1.29 is 10.2 Å². The van der Waals surface area contributed by atoms with Crippen molar-refractivity contribution >= 4 is 17.8 Å². The fraction of sp³-hybridized carbons (Fsp3) is 0.533. The first kappa shape index (κ1) is 19.1. The molecule has 0 fully saturated rings. The van der Waals surface area contributed by atoms with Gasteiger partial charge in [-0.25, -0.2) is 9.28 Å². The third-order valence-electron chi connectivity index (χ3n) is 4.81. The predicted molar refractivity (Wildman–Crippen MR) is 97.5 cm³/mol. The van der Waals surface area contributed by atoms with Crippen LogP contribution >= 0.6 is 0 Å². The van der Waals surface area contributed by atoms with Crippen LogP contribution in [0.25, 0.3) is 0 Å². The van der Waals surface area contributed by atoms with Crippen molar-refractivity contribution in [3.8, 4) is 0 Å². The molecule has 0 saturated heterocycles. The zero-order chi connectivity index (χ0) is 19.9. The standard InChI is InChI=1S/C15H23N8O4/c1-9(24)13(22-5-4-18-19-22)23(7-10(25)6-16)8-17-12-11(23)14(26)21(3)15(27)20(12)2/h4-5,8-10,13,24-25H,6-7,16H2,1-3H3/q+1. The molecule has 3 heterocycles. The number of aliphatic hydroxyl groups is 2. The topological polar surface area (TPSA) is 154 Å². The molecule has 0 aromatic carbocycles. The Morgan fingerprint density at radius 3 is 2.52 bits per heavy atom. The lowest BCUT2D eigenvalue weighted by molar-refractivity contribution is 0.0324. The number of fused-ring (bicyclic) bond motifs is 1. The Bertz CT molecular complexity index is 977. The largest absolute Gasteiger partial charge is 0.386 e. The highest BCUT2D eigenvalue weighted by Gasteiger charge is 2.52. The zero-order valence-electron chi connectivity index (χ0n) is 15.3. The van der Waals surface area contributed by atoms with E-state index >= 15 is 0 Å². The molecule has 0 spiro atoms. The molecule has 4 atom stereocenters. The van der Waals surface area contributed by atoms with Gasteiger partial charge in [0.05, 0.1) is 12.4 Å². The number of quaternary nitrogens is 1. The van der Waals surface area contributed by atoms with Gasteiger partial charge in [-0.2, -0.15) is 9.67 Å². The van der Waals surface area contributed by atoms with Gasteiger partial charge in [-0.05, 0) is 6.92 Å². The van der Waals surface area contributed by atoms with Gasteiger partial charge in [0.25, 0.3) is 0 Å². The van der Waals surface area contributed by atoms with Crippen molar-refractivity contribution in [3.63, 3.8) is 0 Å². The molecular formula is C15H23N8O4+. The Labute approximate surface area is 154 Å². The van der Waals surface area contributed by atoms with Crippen molar-refractivity contribution in [2.75, 3.05) is 13.1 Å². The maximum absolute atomic E-state index is 13.0. The summed E-state index contributed by atoms with van der Waals surface area (Å²) in [6.45, 7) is 1.44. The van der Waals surface area contributed by atoms with Crippen LogP contribution in [0.4, 0.5) is 11.5 Å². The number of nitrogens with two attached hydrogens (primary N) is 1. The first-order valence-corrected chi connectivity index (χ1v) is 8.39. The maximum Gasteiger partial charge on any atom is 0.332 e. The summed E-state index contributed by atoms with van der Waals surface area (Å²) in [6.07, 6.45) is 1.57. The van der Waals surface area contributed by atoms with Crippen LogP contribution in [0.1, 0.15) is 13.1 Å². The molecule has 0 bridgehead atoms. The second kappa shape index (κ2) is 6.81. The third kappa shape index (κ3) is 2.82. The smallest absolute Gasteiger partial charge is 0.332 e. The summed E-state index contributed by atoms with van der Waals surface area (Å²) >= 11 is 0. The van der Waals surface area contributed by atoms with Gasteiger partial charge in [-0.1, -0.05) is 5.21 Å². The van der Waals surface area contributed by atoms with E-state index < -0.39 is 29.6 Å². The monoisotopic (exact) mass is 379 g/mol. The Balaban J connectivity index is 2.36. The van der Waals surface area contributed by atoms with E-state index in [1.165, 1.54) is 35.9 Å². The van der Waals surface area contributed by atoms with Crippen molar-refractivity contribution in [1.29, 1.82) is 0 Å². The van der Waals surface area contributed by atoms with Gasteiger partial charge in [0, 0.05) is 20.6 Å². The summed E-state index contributed by atoms with van der Waals surface area (Å²) in [5.74, 6) is 0.165. The van der Waals surface area contributed by atoms with Gasteiger partial charge in [-0.15, -0.1) is 5.10 Å². The van der Waals surface area contributed by atoms with E-state index in [-0.39, 0.29) is 29.1 Å². The van der Waals surface area contributed by atoms with E-state index in [0.717, 1.165) is 4.57 Å². The quantitative estimate of drug-likeness (QED) is 0.471. The molecule has 2 aromatic rings. The summed E-state index contributed by atoms with van der Waals surface area (Å²) < 4.78 is 3.27. The van der Waals surface area contributed by atoms with E-state index in [4.69, 9.17) is 5.73 Å². The normalized spacial score (nSPS) is 21.9. The molecule has 12 nitrogen and oxygen atoms in total. The van der Waals surface area contributed by atoms with Crippen LogP contribution < -0.4 is 21.5 Å². The van der Waals surface area contributed by atoms with Crippen LogP contribution in [-0.2, 0) is 14.1 Å². The Morgan fingerprint density at radius 2 is 1.96 bits per heavy atom. The number of aromatic nitrogens is 5. The van der Waals surface area contributed by atoms with Crippen molar-refractivity contribution in [1.82, 2.24) is 28.6 Å². The highest BCUT2D eigenvalue weighted by Crippen LogP contribution is 2.40. The molecule has 1 aliphatic rings. The second-order valence-corrected chi connectivity index (χ2v) is 6.66. The Hall–Kier alpha value is -2.67. The zero-order valence-corrected chi connectivity index (χ0v) is 15.3. The summed E-state index contributed by atoms with van der Waals surface area (Å²) in [5.41, 5.74) is 4.66. The first-order chi connectivity index (χ1) is 12.7. The van der Waals surface area contributed by atoms with E-state index in [0.29, 0.717) is 0 Å². The number of rotatable bonds is 6. The molecule has 2 aromatic heterocycles. The predicted octanol–water partition coefficient (Wildman–Crippen LogP) is -2.44. The van der Waals surface area contributed by atoms with Gasteiger partial charge in [-0.3, -0.25) is 13.9 Å². The minimum Gasteiger partial charge on any atom is -0.386 e. The third-order valence-corrected chi connectivity index (χ3v) is 4.81. The number of nitrogens with zero attached hydrogens (tertiary/aromatic N) is 7. The number of hydrogen-bond acceptors (Lipinski definition) is 8. The van der Waals surface area contributed by atoms with E-state index in [1.807, 2.05) is 0 Å². The molecule has 0 saturated carbocycles. The number of hydrogen-bond donors (Lipinski definition) is 3. The highest BCUT2D eigenvalue weighted by atomic mass is 16.3. The van der Waals surface area contributed by atoms with Crippen LogP contribution in [-0.4, -0.2) is 66.0 Å². The average molecular weight is 379 g/mol. The molecular weight excluding hydrogens is 356 g/mol. The van der Waals surface area contributed by atoms with Gasteiger partial charge in [0.15, 0.2) is 6.34 Å². The molecule has 1 aliphatic heterocycles. The van der Waals surface area contributed by atoms with Gasteiger partial charge >= 0.3 is 11.2 Å². The van der Waals surface area contributed by atoms with Gasteiger partial charge < -0.3 is 15.9 Å². The van der Waals surface area contributed by atoms with E-state index in [2.05, 4.69) is 15.3 Å². The lowest BCUT2D eigenvalue weighted by Gasteiger charge is -2.39. The molecule has 0 radical (unpaired) electrons. The minimum absolute atomic E-state index is 0.0458. The molecule has 0 amide bonds. The van der Waals surface area contributed by atoms with Crippen LogP contribution in [0.2, 0.25) is 0 Å². The molecule has 12 heteroatoms. The number of aliphatic imine (C=N–C) groups is 1. The second-order valence-electron chi connectivity index (χ2n) is 6.66. The van der Waals surface area contributed by atoms with Gasteiger partial charge in [0.2, 0.25) is 17.7 Å². The molecule has 4 N–H and O–H groups in total. The van der Waals surface area contributed by atoms with Crippen LogP contribution in [0.5, 0.6) is 0 Å². The minimum atomic E-state index is -1.00. The summed E-state index contributed by atoms with van der Waals surface area (Å²) in [5, 5.41) is 28.6. The lowest BCUT2D eigenvalue weighted by atomic mass is 10.1. The number of aliphatic hydroxyl groups excluding tert-OH is 2. The molecule has 4 unspecified atom stereocenters. The van der Waals surface area contributed by atoms with Crippen molar-refractivity contribution in [3.05, 3.63) is 33.2 Å². The van der Waals surface area contributed by atoms with Crippen LogP contribution in [0, 0.1) is 0 Å². The van der Waals surface area contributed by atoms with Crippen LogP contribution in [0.15, 0.2) is 27.0 Å². The SMILES string of the molecule is CC(O)C(n1ccnn1)[N+]1(CC(O)CN)C=Nc2c1c(=O)n(C)c(=O)n2C. The fourth-order valence-corrected chi connectivity index (χ4v) is 3.59. The first-order valence-electron chi connectivity index (χ1n) is 8.39. The summed E-state index contributed by atoms with van der Waals surface area (Å²) in [4.78, 5) is 29.6. The Morgan fingerprint density at radius 1 is 1.26 bits per heavy atom. The van der Waals surface area contributed by atoms with Crippen molar-refractivity contribution in [2.45, 2.75) is 25.3 Å². The molecule has 0 aliphatic carbocycles. The lowest BCUT2D eigenvalue weighted by Crippen LogP contribution is -2.61. The van der Waals surface area contributed by atoms with Gasteiger partial charge in [0.1, 0.15) is 18.8 Å². The molecule has 146 valence electrons. The van der Waals surface area contributed by atoms with Crippen LogP contribution in [0.3, 0.4) is 0 Å². The van der Waals surface area contributed by atoms with E-state index in [1.54, 1.807) is 13.1 Å². The van der Waals surface area contributed by atoms with E-state index in [9.17, 15) is 19.8 Å². The van der Waals surface area contributed by atoms with Crippen molar-refractivity contribution in [2.24, 2.45) is 24.8 Å². The summed E-state index contributed by atoms with van der Waals surface area (Å²) in [7, 11) is 2.87. The molecule has 3 rings (SSSR count). The Kier molecular flexibility index (Phi) is 4.82. The average Bonchev–Trinajstić information content (AvgIpc) is 3.27. The molecule has 27 heavy (non-hydrogen) atoms. The maximum atomic E-state index is 13.0. The fourth-order valence-electron chi connectivity index (χ4n) is 3.59.